The fraction of sp³-hybridized carbons (Fsp3) is 0. The Morgan fingerprint density at radius 2 is 1.25 bits per heavy atom. The minimum atomic E-state index is 0. The maximum atomic E-state index is 0. The summed E-state index contributed by atoms with van der Waals surface area (Å²) in [5.74, 6) is 0. The maximum Gasteiger partial charge on any atom is 2.00 e. The van der Waals surface area contributed by atoms with Crippen LogP contribution in [0.5, 0.6) is 0 Å². The third-order valence-corrected chi connectivity index (χ3v) is 0. The van der Waals surface area contributed by atoms with Gasteiger partial charge in [-0.25, -0.2) is 0 Å². The molecule has 0 aromatic rings. The minimum Gasteiger partial charge on any atom is -1.00 e. The molecule has 20 valence electrons. The van der Waals surface area contributed by atoms with Crippen molar-refractivity contribution in [2.24, 2.45) is 0 Å². The van der Waals surface area contributed by atoms with Gasteiger partial charge in [-0.2, -0.15) is 0 Å². The zero-order chi connectivity index (χ0) is 0. The van der Waals surface area contributed by atoms with Crippen LogP contribution in [0.15, 0.2) is 0 Å². The molecule has 0 saturated carbocycles. The van der Waals surface area contributed by atoms with Crippen LogP contribution >= 0.6 is 9.90 Å². The third kappa shape index (κ3) is 8.82. The van der Waals surface area contributed by atoms with Crippen LogP contribution in [-0.2, 0) is 0 Å². The van der Waals surface area contributed by atoms with Crippen molar-refractivity contribution in [2.75, 3.05) is 0 Å². The van der Waals surface area contributed by atoms with Crippen LogP contribution in [0.25, 0.3) is 0 Å². The molecule has 0 nitrogen and oxygen atoms in total. The van der Waals surface area contributed by atoms with E-state index in [-0.39, 0.29) is 84.5 Å². The summed E-state index contributed by atoms with van der Waals surface area (Å²) in [5.41, 5.74) is 0. The van der Waals surface area contributed by atoms with Crippen molar-refractivity contribution in [3.8, 4) is 0 Å². The largest absolute Gasteiger partial charge is 2.00 e. The van der Waals surface area contributed by atoms with E-state index in [1.54, 1.807) is 0 Å². The molecule has 0 aromatic carbocycles. The van der Waals surface area contributed by atoms with Crippen molar-refractivity contribution in [3.63, 3.8) is 0 Å². The van der Waals surface area contributed by atoms with Gasteiger partial charge in [-0.1, -0.05) is 0 Å². The van der Waals surface area contributed by atoms with E-state index < -0.39 is 0 Å². The zero-order valence-corrected chi connectivity index (χ0v) is 9.77. The first-order chi connectivity index (χ1) is 0. The second-order valence-corrected chi connectivity index (χ2v) is 0. The summed E-state index contributed by atoms with van der Waals surface area (Å²) < 4.78 is 0. The molecule has 0 rings (SSSR count). The van der Waals surface area contributed by atoms with Crippen LogP contribution in [0.4, 0.5) is 0 Å². The van der Waals surface area contributed by atoms with Crippen molar-refractivity contribution in [3.05, 3.63) is 0 Å². The summed E-state index contributed by atoms with van der Waals surface area (Å²) in [6.45, 7) is 0. The van der Waals surface area contributed by atoms with Gasteiger partial charge < -0.3 is 23.7 Å². The average molecular weight is 130 g/mol. The van der Waals surface area contributed by atoms with Gasteiger partial charge in [-0.15, -0.1) is 0 Å². The van der Waals surface area contributed by atoms with Gasteiger partial charge in [0.2, 0.25) is 0 Å². The Labute approximate surface area is 83.2 Å². The molecule has 0 bridgehead atoms. The van der Waals surface area contributed by atoms with Crippen LogP contribution in [-0.4, -0.2) is 71.8 Å². The van der Waals surface area contributed by atoms with Gasteiger partial charge in [0.1, 0.15) is 0 Å². The Bertz CT molecular complexity index is 13.5. The monoisotopic (exact) mass is 130 g/mol. The number of hydrogen-bond donors (Lipinski definition) is 0. The molecule has 0 spiro atoms. The second kappa shape index (κ2) is 17.3. The van der Waals surface area contributed by atoms with Crippen LogP contribution in [0.3, 0.4) is 0 Å². The molecule has 0 unspecified atom stereocenters. The fourth-order valence-electron chi connectivity index (χ4n) is 0. The molecule has 4 heteroatoms. The fourth-order valence-corrected chi connectivity index (χ4v) is 0. The summed E-state index contributed by atoms with van der Waals surface area (Å²) >= 11 is 0. The molecule has 0 aliphatic carbocycles. The summed E-state index contributed by atoms with van der Waals surface area (Å²) in [6, 6.07) is 0. The second-order valence-electron chi connectivity index (χ2n) is 0. The molecule has 0 amide bonds. The SMILES string of the molecule is [Ca+2].[H-].[H-].[Mg+2].[PH2-].[SiH3-]. The Hall–Kier alpha value is 2.67. The van der Waals surface area contributed by atoms with Crippen LogP contribution in [0, 0.1) is 0 Å². The van der Waals surface area contributed by atoms with Gasteiger partial charge in [0, 0.05) is 0 Å². The maximum absolute atomic E-state index is 0. The van der Waals surface area contributed by atoms with E-state index in [1.165, 1.54) is 0 Å². The van der Waals surface area contributed by atoms with Crippen molar-refractivity contribution >= 4 is 81.7 Å². The predicted molar refractivity (Wildman–Crippen MR) is 33.4 cm³/mol. The van der Waals surface area contributed by atoms with Crippen LogP contribution < -0.4 is 0 Å². The van der Waals surface area contributed by atoms with E-state index in [9.17, 15) is 0 Å². The Balaban J connectivity index is 0. The van der Waals surface area contributed by atoms with Gasteiger partial charge in [0.25, 0.3) is 0 Å². The van der Waals surface area contributed by atoms with E-state index in [4.69, 9.17) is 0 Å². The van der Waals surface area contributed by atoms with Gasteiger partial charge in [0.15, 0.2) is 0 Å². The average Bonchev–Trinajstić information content (AvgIpc) is 0. The summed E-state index contributed by atoms with van der Waals surface area (Å²) in [5, 5.41) is 0. The molecule has 4 heavy (non-hydrogen) atoms. The van der Waals surface area contributed by atoms with E-state index in [2.05, 4.69) is 0 Å². The first-order valence-corrected chi connectivity index (χ1v) is 0. The molecule has 0 aromatic heterocycles. The predicted octanol–water partition coefficient (Wildman–Crippen LogP) is -1.39. The van der Waals surface area contributed by atoms with Gasteiger partial charge in [-0.05, 0) is 0 Å². The molecule has 0 N–H and O–H groups in total. The molecule has 0 atom stereocenters. The standard InChI is InChI=1S/Ca.Mg.H2P.H3Si.2H/h;;1H2;1H3;;/q2*+2;4*-1. The molecule has 0 heterocycles. The topological polar surface area (TPSA) is 0 Å². The molecule has 0 saturated heterocycles. The quantitative estimate of drug-likeness (QED) is 0.280. The molecule has 0 aliphatic heterocycles. The van der Waals surface area contributed by atoms with Crippen molar-refractivity contribution < 1.29 is 2.85 Å². The van der Waals surface area contributed by atoms with Crippen LogP contribution in [0.1, 0.15) is 2.85 Å². The van der Waals surface area contributed by atoms with E-state index in [0.717, 1.165) is 0 Å². The molecular weight excluding hydrogens is 123 g/mol. The molecule has 0 fully saturated rings. The summed E-state index contributed by atoms with van der Waals surface area (Å²) in [6.07, 6.45) is 0. The molecule has 0 radical (unpaired) electrons. The van der Waals surface area contributed by atoms with Crippen molar-refractivity contribution in [1.82, 2.24) is 0 Å². The smallest absolute Gasteiger partial charge is 1.00 e. The minimum absolute atomic E-state index is 0. The summed E-state index contributed by atoms with van der Waals surface area (Å²) in [7, 11) is 0. The molecule has 0 aliphatic rings. The van der Waals surface area contributed by atoms with E-state index >= 15 is 0 Å². The van der Waals surface area contributed by atoms with Gasteiger partial charge >= 0.3 is 60.8 Å². The van der Waals surface area contributed by atoms with Gasteiger partial charge in [-0.3, -0.25) is 0 Å². The Kier molecular flexibility index (Phi) is 130. The first-order valence-electron chi connectivity index (χ1n) is 0. The van der Waals surface area contributed by atoms with Crippen molar-refractivity contribution in [1.29, 1.82) is 0 Å². The number of hydrogen-bond acceptors (Lipinski definition) is 0. The van der Waals surface area contributed by atoms with E-state index in [0.29, 0.717) is 0 Å². The Morgan fingerprint density at radius 1 is 1.25 bits per heavy atom. The van der Waals surface area contributed by atoms with Crippen LogP contribution in [0.2, 0.25) is 0 Å². The first kappa shape index (κ1) is 30.1. The van der Waals surface area contributed by atoms with Crippen molar-refractivity contribution in [2.45, 2.75) is 0 Å². The molecular formula is H7CaMgPSi. The third-order valence-electron chi connectivity index (χ3n) is 0. The zero-order valence-electron chi connectivity index (χ0n) is 4.99. The van der Waals surface area contributed by atoms with E-state index in [1.807, 2.05) is 0 Å². The van der Waals surface area contributed by atoms with Gasteiger partial charge in [0.05, 0.1) is 0 Å². The summed E-state index contributed by atoms with van der Waals surface area (Å²) in [4.78, 5) is 0. The number of rotatable bonds is 0. The Morgan fingerprint density at radius 3 is 1.25 bits per heavy atom. The normalized spacial score (nSPS) is 0.